The highest BCUT2D eigenvalue weighted by Crippen LogP contribution is 2.26. The van der Waals surface area contributed by atoms with Gasteiger partial charge in [0.25, 0.3) is 0 Å². The zero-order valence-electron chi connectivity index (χ0n) is 17.7. The van der Waals surface area contributed by atoms with Gasteiger partial charge in [0.2, 0.25) is 11.8 Å². The number of nitrogens with two attached hydrogens (primary N) is 2. The van der Waals surface area contributed by atoms with Gasteiger partial charge in [-0.2, -0.15) is 0 Å². The summed E-state index contributed by atoms with van der Waals surface area (Å²) in [5.74, 6) is -0.873. The Labute approximate surface area is 188 Å². The summed E-state index contributed by atoms with van der Waals surface area (Å²) in [6.45, 7) is -0.931. The Balaban J connectivity index is 1.86. The molecular formula is C17H28N8O8. The van der Waals surface area contributed by atoms with Gasteiger partial charge in [-0.3, -0.25) is 14.6 Å². The number of carbonyl (C=O) groups excluding carboxylic acids is 3. The molecule has 3 heterocycles. The minimum atomic E-state index is -1.55. The molecule has 3 aliphatic heterocycles. The molecule has 0 radical (unpaired) electrons. The van der Waals surface area contributed by atoms with Crippen LogP contribution in [0.3, 0.4) is 0 Å². The van der Waals surface area contributed by atoms with Gasteiger partial charge in [-0.15, -0.1) is 0 Å². The number of aliphatic hydroxyl groups excluding tert-OH is 3. The zero-order valence-corrected chi connectivity index (χ0v) is 17.7. The molecule has 2 fully saturated rings. The molecule has 0 saturated carbocycles. The van der Waals surface area contributed by atoms with Gasteiger partial charge >= 0.3 is 6.09 Å². The molecule has 184 valence electrons. The van der Waals surface area contributed by atoms with Crippen LogP contribution in [0, 0.1) is 0 Å². The molecule has 8 atom stereocenters. The summed E-state index contributed by atoms with van der Waals surface area (Å²) in [7, 11) is 1.36. The van der Waals surface area contributed by atoms with Crippen LogP contribution in [0.1, 0.15) is 0 Å². The number of nitrogens with one attached hydrogen (secondary N) is 3. The summed E-state index contributed by atoms with van der Waals surface area (Å²) in [5.41, 5.74) is 10.3. The number of hydrogen-bond donors (Lipinski definition) is 8. The number of nitrogens with zero attached hydrogens (tertiary/aromatic N) is 3. The van der Waals surface area contributed by atoms with E-state index in [0.29, 0.717) is 0 Å². The third-order valence-corrected chi connectivity index (χ3v) is 5.65. The molecule has 0 aliphatic carbocycles. The van der Waals surface area contributed by atoms with Crippen molar-refractivity contribution in [2.24, 2.45) is 21.5 Å². The Morgan fingerprint density at radius 1 is 1.45 bits per heavy atom. The highest BCUT2D eigenvalue weighted by molar-refractivity contribution is 5.92. The second-order valence-electron chi connectivity index (χ2n) is 7.70. The van der Waals surface area contributed by atoms with Crippen molar-refractivity contribution in [1.29, 1.82) is 0 Å². The smallest absolute Gasteiger partial charge is 0.404 e. The fraction of sp³-hybridized carbons (Fsp3) is 0.706. The maximum atomic E-state index is 12.5. The molecule has 16 heteroatoms. The Morgan fingerprint density at radius 3 is 2.79 bits per heavy atom. The van der Waals surface area contributed by atoms with Crippen molar-refractivity contribution in [3.8, 4) is 0 Å². The number of piperidine rings is 1. The number of β-amino-alcohol motifs (C(OH)–C–C–N with tert-alkyl or cyclic N) is 1. The van der Waals surface area contributed by atoms with Crippen molar-refractivity contribution >= 4 is 30.2 Å². The number of aliphatic hydroxyl groups is 3. The second kappa shape index (κ2) is 10.2. The maximum Gasteiger partial charge on any atom is 0.404 e. The first kappa shape index (κ1) is 24.4. The number of carbonyl (C=O) groups is 3. The Morgan fingerprint density at radius 2 is 2.18 bits per heavy atom. The predicted molar refractivity (Wildman–Crippen MR) is 111 cm³/mol. The second-order valence-corrected chi connectivity index (χ2v) is 7.70. The average Bonchev–Trinajstić information content (AvgIpc) is 3.21. The molecule has 3 rings (SSSR count). The van der Waals surface area contributed by atoms with Gasteiger partial charge < -0.3 is 57.1 Å². The highest BCUT2D eigenvalue weighted by Gasteiger charge is 2.51. The van der Waals surface area contributed by atoms with Crippen molar-refractivity contribution in [3.05, 3.63) is 0 Å². The molecule has 10 N–H and O–H groups in total. The molecule has 0 aromatic carbocycles. The first-order chi connectivity index (χ1) is 15.7. The molecule has 8 unspecified atom stereocenters. The van der Waals surface area contributed by atoms with Gasteiger partial charge in [0.15, 0.2) is 24.3 Å². The lowest BCUT2D eigenvalue weighted by atomic mass is 9.94. The number of primary amides is 1. The van der Waals surface area contributed by atoms with Crippen molar-refractivity contribution in [2.45, 2.75) is 48.8 Å². The summed E-state index contributed by atoms with van der Waals surface area (Å²) in [4.78, 5) is 45.0. The normalized spacial score (nSPS) is 35.8. The van der Waals surface area contributed by atoms with Crippen LogP contribution in [0.5, 0.6) is 0 Å². The number of guanidine groups is 1. The predicted octanol–water partition coefficient (Wildman–Crippen LogP) is -5.88. The first-order valence-electron chi connectivity index (χ1n) is 10.1. The van der Waals surface area contributed by atoms with Crippen LogP contribution in [0.4, 0.5) is 4.79 Å². The average molecular weight is 472 g/mol. The zero-order chi connectivity index (χ0) is 24.3. The van der Waals surface area contributed by atoms with E-state index in [1.807, 2.05) is 0 Å². The quantitative estimate of drug-likeness (QED) is 0.133. The Hall–Kier alpha value is -3.21. The van der Waals surface area contributed by atoms with E-state index >= 15 is 0 Å². The van der Waals surface area contributed by atoms with E-state index in [2.05, 4.69) is 25.9 Å². The van der Waals surface area contributed by atoms with Gasteiger partial charge in [-0.25, -0.2) is 9.79 Å². The van der Waals surface area contributed by atoms with E-state index in [1.54, 1.807) is 0 Å². The van der Waals surface area contributed by atoms with Crippen molar-refractivity contribution in [1.82, 2.24) is 20.9 Å². The summed E-state index contributed by atoms with van der Waals surface area (Å²) in [5, 5.41) is 39.1. The Bertz CT molecular complexity index is 825. The fourth-order valence-corrected chi connectivity index (χ4v) is 4.00. The van der Waals surface area contributed by atoms with Gasteiger partial charge in [0.05, 0.1) is 25.1 Å². The first-order valence-corrected chi connectivity index (χ1v) is 10.1. The summed E-state index contributed by atoms with van der Waals surface area (Å²) >= 11 is 0. The van der Waals surface area contributed by atoms with E-state index < -0.39 is 67.4 Å². The summed E-state index contributed by atoms with van der Waals surface area (Å²) in [6, 6.07) is -2.77. The number of hydrogen-bond acceptors (Lipinski definition) is 12. The van der Waals surface area contributed by atoms with Crippen molar-refractivity contribution in [2.75, 3.05) is 26.7 Å². The molecule has 3 amide bonds. The molecule has 0 spiro atoms. The van der Waals surface area contributed by atoms with Crippen LogP contribution in [-0.2, 0) is 19.1 Å². The van der Waals surface area contributed by atoms with Crippen molar-refractivity contribution < 1.29 is 39.2 Å². The van der Waals surface area contributed by atoms with E-state index in [1.165, 1.54) is 7.05 Å². The van der Waals surface area contributed by atoms with Gasteiger partial charge in [0.1, 0.15) is 24.8 Å². The van der Waals surface area contributed by atoms with Crippen LogP contribution >= 0.6 is 0 Å². The molecule has 16 nitrogen and oxygen atoms in total. The van der Waals surface area contributed by atoms with Gasteiger partial charge in [-0.1, -0.05) is 0 Å². The van der Waals surface area contributed by atoms with Crippen LogP contribution in [0.2, 0.25) is 0 Å². The van der Waals surface area contributed by atoms with Gasteiger partial charge in [0, 0.05) is 13.6 Å². The highest BCUT2D eigenvalue weighted by atomic mass is 16.6. The lowest BCUT2D eigenvalue weighted by molar-refractivity contribution is -0.214. The summed E-state index contributed by atoms with van der Waals surface area (Å²) in [6.07, 6.45) is -6.49. The number of ether oxygens (including phenoxy) is 2. The number of aliphatic imine (C=N–C) groups is 2. The molecular weight excluding hydrogens is 444 g/mol. The third-order valence-electron chi connectivity index (χ3n) is 5.65. The van der Waals surface area contributed by atoms with Crippen LogP contribution < -0.4 is 27.4 Å². The molecule has 2 saturated heterocycles. The van der Waals surface area contributed by atoms with E-state index in [4.69, 9.17) is 20.9 Å². The molecule has 0 aromatic heterocycles. The monoisotopic (exact) mass is 472 g/mol. The topological polar surface area (TPSA) is 246 Å². The molecule has 0 bridgehead atoms. The van der Waals surface area contributed by atoms with Crippen LogP contribution in [0.25, 0.3) is 0 Å². The fourth-order valence-electron chi connectivity index (χ4n) is 4.00. The van der Waals surface area contributed by atoms with E-state index in [-0.39, 0.29) is 25.0 Å². The standard InChI is InChI=1S/C17H28N8O8/c1-25(8(28)3-20-5-18)11-12(29)13(33-16(19)31)7(4-26)32-15(11)24-17-22-9-6(27)2-21-14(30)10(9)23-17/h5-7,9-13,15,26-27,29H,2-4H2,1H3,(H2,18,20)(H2,19,31)(H,21,30)(H2,22,23,24). The number of amides is 3. The maximum absolute atomic E-state index is 12.5. The van der Waals surface area contributed by atoms with Crippen LogP contribution in [0.15, 0.2) is 9.98 Å². The van der Waals surface area contributed by atoms with E-state index in [9.17, 15) is 29.7 Å². The number of likely N-dealkylation sites (N-methyl/N-ethyl adjacent to an activating group) is 1. The molecule has 3 aliphatic rings. The molecule has 33 heavy (non-hydrogen) atoms. The van der Waals surface area contributed by atoms with Gasteiger partial charge in [-0.05, 0) is 0 Å². The number of rotatable bonds is 6. The third kappa shape index (κ3) is 5.08. The lowest BCUT2D eigenvalue weighted by Gasteiger charge is -2.46. The minimum absolute atomic E-state index is 0.0503. The van der Waals surface area contributed by atoms with Crippen molar-refractivity contribution in [3.63, 3.8) is 0 Å². The summed E-state index contributed by atoms with van der Waals surface area (Å²) < 4.78 is 10.7. The van der Waals surface area contributed by atoms with Crippen LogP contribution in [-0.4, -0.2) is 126 Å². The SMILES string of the molecule is CN(C(=O)CN=CN)C1C(NC2=NC3C(=O)NCC(O)C3N2)OC(CO)C(OC(N)=O)C1O. The lowest BCUT2D eigenvalue weighted by Crippen LogP contribution is -2.70. The minimum Gasteiger partial charge on any atom is -0.441 e. The largest absolute Gasteiger partial charge is 0.441 e. The number of fused-ring (bicyclic) bond motifs is 1. The van der Waals surface area contributed by atoms with E-state index in [0.717, 1.165) is 11.2 Å². The Kier molecular flexibility index (Phi) is 7.52. The molecule has 0 aromatic rings.